The lowest BCUT2D eigenvalue weighted by molar-refractivity contribution is 1.05. The Hall–Kier alpha value is -1.33. The van der Waals surface area contributed by atoms with Crippen LogP contribution in [-0.2, 0) is 0 Å². The highest BCUT2D eigenvalue weighted by Gasteiger charge is 2.05. The Bertz CT molecular complexity index is 612. The summed E-state index contributed by atoms with van der Waals surface area (Å²) in [5.41, 5.74) is 1.12. The Balaban J connectivity index is 2.18. The first-order chi connectivity index (χ1) is 7.33. The van der Waals surface area contributed by atoms with E-state index in [1.807, 2.05) is 13.1 Å². The van der Waals surface area contributed by atoms with Crippen LogP contribution in [0.25, 0.3) is 20.7 Å². The Morgan fingerprint density at radius 3 is 2.93 bits per heavy atom. The van der Waals surface area contributed by atoms with Gasteiger partial charge in [-0.3, -0.25) is 0 Å². The van der Waals surface area contributed by atoms with Crippen LogP contribution in [-0.4, -0.2) is 14.6 Å². The van der Waals surface area contributed by atoms with Gasteiger partial charge >= 0.3 is 0 Å². The van der Waals surface area contributed by atoms with E-state index in [1.54, 1.807) is 11.3 Å². The molecular weight excluding hydrogens is 226 g/mol. The van der Waals surface area contributed by atoms with Crippen LogP contribution in [0.2, 0.25) is 0 Å². The first kappa shape index (κ1) is 8.94. The van der Waals surface area contributed by atoms with E-state index in [9.17, 15) is 0 Å². The standard InChI is InChI=1S/C10H7N3S2/c1-6-12-13-10(14-6)7-2-3-8-5-11-15-9(8)4-7/h2-5H,1H3. The molecule has 0 saturated carbocycles. The fourth-order valence-corrected chi connectivity index (χ4v) is 2.78. The van der Waals surface area contributed by atoms with Crippen molar-refractivity contribution >= 4 is 33.0 Å². The minimum absolute atomic E-state index is 0.975. The molecule has 5 heteroatoms. The van der Waals surface area contributed by atoms with Crippen LogP contribution in [0.15, 0.2) is 24.4 Å². The van der Waals surface area contributed by atoms with Crippen molar-refractivity contribution in [3.63, 3.8) is 0 Å². The van der Waals surface area contributed by atoms with Gasteiger partial charge in [0.05, 0.1) is 4.70 Å². The zero-order valence-corrected chi connectivity index (χ0v) is 9.60. The van der Waals surface area contributed by atoms with Crippen molar-refractivity contribution in [1.29, 1.82) is 0 Å². The highest BCUT2D eigenvalue weighted by atomic mass is 32.1. The number of hydrogen-bond donors (Lipinski definition) is 0. The summed E-state index contributed by atoms with van der Waals surface area (Å²) in [6.45, 7) is 1.96. The van der Waals surface area contributed by atoms with E-state index in [0.29, 0.717) is 0 Å². The molecule has 0 N–H and O–H groups in total. The molecule has 2 aromatic heterocycles. The van der Waals surface area contributed by atoms with Crippen molar-refractivity contribution in [2.24, 2.45) is 0 Å². The molecule has 0 aliphatic rings. The van der Waals surface area contributed by atoms with Gasteiger partial charge in [-0.1, -0.05) is 23.5 Å². The molecule has 0 saturated heterocycles. The number of benzene rings is 1. The van der Waals surface area contributed by atoms with Gasteiger partial charge in [0.25, 0.3) is 0 Å². The van der Waals surface area contributed by atoms with E-state index in [0.717, 1.165) is 15.6 Å². The quantitative estimate of drug-likeness (QED) is 0.648. The molecule has 3 aromatic rings. The first-order valence-electron chi connectivity index (χ1n) is 4.48. The van der Waals surface area contributed by atoms with Crippen molar-refractivity contribution in [3.8, 4) is 10.6 Å². The number of nitrogens with zero attached hydrogens (tertiary/aromatic N) is 3. The molecule has 0 atom stereocenters. The number of fused-ring (bicyclic) bond motifs is 1. The van der Waals surface area contributed by atoms with E-state index in [1.165, 1.54) is 21.6 Å². The summed E-state index contributed by atoms with van der Waals surface area (Å²) in [6, 6.07) is 6.26. The average Bonchev–Trinajstić information content (AvgIpc) is 2.84. The van der Waals surface area contributed by atoms with Crippen LogP contribution in [0, 0.1) is 6.92 Å². The van der Waals surface area contributed by atoms with Gasteiger partial charge in [-0.05, 0) is 24.5 Å². The summed E-state index contributed by atoms with van der Waals surface area (Å²) in [6.07, 6.45) is 1.88. The molecule has 0 aliphatic carbocycles. The van der Waals surface area contributed by atoms with E-state index in [4.69, 9.17) is 0 Å². The molecule has 0 radical (unpaired) electrons. The van der Waals surface area contributed by atoms with Gasteiger partial charge in [-0.2, -0.15) is 4.37 Å². The van der Waals surface area contributed by atoms with Crippen LogP contribution >= 0.6 is 22.9 Å². The average molecular weight is 233 g/mol. The van der Waals surface area contributed by atoms with Crippen molar-refractivity contribution < 1.29 is 0 Å². The van der Waals surface area contributed by atoms with E-state index < -0.39 is 0 Å². The number of aromatic nitrogens is 3. The Morgan fingerprint density at radius 2 is 2.13 bits per heavy atom. The highest BCUT2D eigenvalue weighted by molar-refractivity contribution is 7.15. The van der Waals surface area contributed by atoms with E-state index >= 15 is 0 Å². The van der Waals surface area contributed by atoms with E-state index in [-0.39, 0.29) is 0 Å². The van der Waals surface area contributed by atoms with Crippen molar-refractivity contribution in [2.45, 2.75) is 6.92 Å². The second-order valence-corrected chi connectivity index (χ2v) is 5.22. The molecule has 1 aromatic carbocycles. The van der Waals surface area contributed by atoms with Gasteiger partial charge in [-0.25, -0.2) is 0 Å². The minimum Gasteiger partial charge on any atom is -0.200 e. The lowest BCUT2D eigenvalue weighted by Crippen LogP contribution is -1.75. The number of rotatable bonds is 1. The zero-order valence-electron chi connectivity index (χ0n) is 7.97. The van der Waals surface area contributed by atoms with Gasteiger partial charge in [0.1, 0.15) is 10.0 Å². The molecule has 0 aliphatic heterocycles. The molecule has 0 bridgehead atoms. The van der Waals surface area contributed by atoms with Gasteiger partial charge in [-0.15, -0.1) is 10.2 Å². The second kappa shape index (κ2) is 3.36. The third kappa shape index (κ3) is 1.53. The Morgan fingerprint density at radius 1 is 1.20 bits per heavy atom. The minimum atomic E-state index is 0.975. The Labute approximate surface area is 94.6 Å². The highest BCUT2D eigenvalue weighted by Crippen LogP contribution is 2.28. The van der Waals surface area contributed by atoms with Crippen molar-refractivity contribution in [3.05, 3.63) is 29.4 Å². The fourth-order valence-electron chi connectivity index (χ4n) is 1.41. The maximum Gasteiger partial charge on any atom is 0.147 e. The molecule has 2 heterocycles. The summed E-state index contributed by atoms with van der Waals surface area (Å²) in [5, 5.41) is 11.3. The fraction of sp³-hybridized carbons (Fsp3) is 0.100. The van der Waals surface area contributed by atoms with Crippen LogP contribution in [0.3, 0.4) is 0 Å². The first-order valence-corrected chi connectivity index (χ1v) is 6.07. The zero-order chi connectivity index (χ0) is 10.3. The van der Waals surface area contributed by atoms with Gasteiger partial charge in [0.2, 0.25) is 0 Å². The predicted octanol–water partition coefficient (Wildman–Crippen LogP) is 3.12. The topological polar surface area (TPSA) is 38.7 Å². The third-order valence-corrected chi connectivity index (χ3v) is 3.78. The second-order valence-electron chi connectivity index (χ2n) is 3.20. The maximum absolute atomic E-state index is 4.15. The Kier molecular flexibility index (Phi) is 2.00. The van der Waals surface area contributed by atoms with Crippen LogP contribution in [0.4, 0.5) is 0 Å². The molecule has 15 heavy (non-hydrogen) atoms. The van der Waals surface area contributed by atoms with Crippen molar-refractivity contribution in [1.82, 2.24) is 14.6 Å². The molecule has 0 amide bonds. The molecule has 0 spiro atoms. The molecule has 74 valence electrons. The lowest BCUT2D eigenvalue weighted by Gasteiger charge is -1.94. The lowest BCUT2D eigenvalue weighted by atomic mass is 10.2. The molecule has 0 fully saturated rings. The van der Waals surface area contributed by atoms with E-state index in [2.05, 4.69) is 32.8 Å². The summed E-state index contributed by atoms with van der Waals surface area (Å²) in [5.74, 6) is 0. The van der Waals surface area contributed by atoms with Gasteiger partial charge in [0.15, 0.2) is 0 Å². The smallest absolute Gasteiger partial charge is 0.147 e. The molecule has 3 nitrogen and oxygen atoms in total. The molecule has 0 unspecified atom stereocenters. The third-order valence-electron chi connectivity index (χ3n) is 2.13. The summed E-state index contributed by atoms with van der Waals surface area (Å²) in [7, 11) is 0. The van der Waals surface area contributed by atoms with Gasteiger partial charge in [0, 0.05) is 17.1 Å². The molecular formula is C10H7N3S2. The summed E-state index contributed by atoms with van der Waals surface area (Å²) >= 11 is 3.12. The normalized spacial score (nSPS) is 11.0. The van der Waals surface area contributed by atoms with Crippen molar-refractivity contribution in [2.75, 3.05) is 0 Å². The number of aryl methyl sites for hydroxylation is 1. The SMILES string of the molecule is Cc1nnc(-c2ccc3cnsc3c2)s1. The summed E-state index contributed by atoms with van der Waals surface area (Å²) < 4.78 is 5.35. The van der Waals surface area contributed by atoms with Crippen LogP contribution < -0.4 is 0 Å². The number of hydrogen-bond acceptors (Lipinski definition) is 5. The van der Waals surface area contributed by atoms with Crippen LogP contribution in [0.1, 0.15) is 5.01 Å². The van der Waals surface area contributed by atoms with Gasteiger partial charge < -0.3 is 0 Å². The van der Waals surface area contributed by atoms with Crippen LogP contribution in [0.5, 0.6) is 0 Å². The molecule has 3 rings (SSSR count). The summed E-state index contributed by atoms with van der Waals surface area (Å²) in [4.78, 5) is 0. The largest absolute Gasteiger partial charge is 0.200 e. The monoisotopic (exact) mass is 233 g/mol. The predicted molar refractivity (Wildman–Crippen MR) is 63.3 cm³/mol. The maximum atomic E-state index is 4.15.